The quantitative estimate of drug-likeness (QED) is 0.520. The summed E-state index contributed by atoms with van der Waals surface area (Å²) in [5, 5.41) is 8.58. The smallest absolute Gasteiger partial charge is 0.338 e. The zero-order valence-corrected chi connectivity index (χ0v) is 14.1. The lowest BCUT2D eigenvalue weighted by atomic mass is 10.2. The van der Waals surface area contributed by atoms with Crippen molar-refractivity contribution in [3.05, 3.63) is 64.9 Å². The standard InChI is InChI=1S/C17H16N4O3S/c22-16(15-6-2-9-25-15)20-14-5-1-4-13(10-14)17(23)24-8-3-7-21-12-18-11-19-21/h1-2,4-6,9-12H,3,7-8H2,(H,20,22). The van der Waals surface area contributed by atoms with Crippen LogP contribution in [-0.4, -0.2) is 33.2 Å². The minimum absolute atomic E-state index is 0.201. The largest absolute Gasteiger partial charge is 0.462 e. The van der Waals surface area contributed by atoms with Gasteiger partial charge in [0, 0.05) is 18.7 Å². The highest BCUT2D eigenvalue weighted by atomic mass is 32.1. The second-order valence-electron chi connectivity index (χ2n) is 5.16. The maximum Gasteiger partial charge on any atom is 0.338 e. The number of nitrogens with zero attached hydrogens (tertiary/aromatic N) is 3. The third kappa shape index (κ3) is 4.74. The van der Waals surface area contributed by atoms with E-state index >= 15 is 0 Å². The number of rotatable bonds is 7. The normalized spacial score (nSPS) is 10.4. The minimum Gasteiger partial charge on any atom is -0.462 e. The van der Waals surface area contributed by atoms with E-state index < -0.39 is 5.97 Å². The molecule has 2 aromatic heterocycles. The highest BCUT2D eigenvalue weighted by molar-refractivity contribution is 7.12. The number of carbonyl (C=O) groups is 2. The molecule has 0 radical (unpaired) electrons. The molecule has 1 aromatic carbocycles. The molecule has 0 aliphatic carbocycles. The molecule has 8 heteroatoms. The summed E-state index contributed by atoms with van der Waals surface area (Å²) in [6.07, 6.45) is 3.72. The topological polar surface area (TPSA) is 86.1 Å². The van der Waals surface area contributed by atoms with Crippen LogP contribution in [0.4, 0.5) is 5.69 Å². The van der Waals surface area contributed by atoms with Gasteiger partial charge in [-0.15, -0.1) is 11.3 Å². The van der Waals surface area contributed by atoms with Gasteiger partial charge in [-0.05, 0) is 29.6 Å². The van der Waals surface area contributed by atoms with Crippen molar-refractivity contribution in [2.45, 2.75) is 13.0 Å². The highest BCUT2D eigenvalue weighted by Gasteiger charge is 2.10. The fourth-order valence-electron chi connectivity index (χ4n) is 2.15. The van der Waals surface area contributed by atoms with Crippen LogP contribution in [0, 0.1) is 0 Å². The van der Waals surface area contributed by atoms with Gasteiger partial charge in [-0.2, -0.15) is 5.10 Å². The van der Waals surface area contributed by atoms with Gasteiger partial charge in [0.15, 0.2) is 0 Å². The maximum absolute atomic E-state index is 12.1. The van der Waals surface area contributed by atoms with Gasteiger partial charge in [0.05, 0.1) is 17.0 Å². The van der Waals surface area contributed by atoms with Crippen LogP contribution >= 0.6 is 11.3 Å². The Kier molecular flexibility index (Phi) is 5.53. The average molecular weight is 356 g/mol. The van der Waals surface area contributed by atoms with Gasteiger partial charge in [-0.25, -0.2) is 9.78 Å². The van der Waals surface area contributed by atoms with Crippen molar-refractivity contribution in [3.8, 4) is 0 Å². The van der Waals surface area contributed by atoms with Crippen LogP contribution in [0.15, 0.2) is 54.4 Å². The van der Waals surface area contributed by atoms with Crippen LogP contribution in [0.5, 0.6) is 0 Å². The molecule has 2 heterocycles. The molecule has 25 heavy (non-hydrogen) atoms. The molecule has 0 spiro atoms. The lowest BCUT2D eigenvalue weighted by Gasteiger charge is -2.07. The summed E-state index contributed by atoms with van der Waals surface area (Å²) >= 11 is 1.36. The summed E-state index contributed by atoms with van der Waals surface area (Å²) in [5.74, 6) is -0.626. The maximum atomic E-state index is 12.1. The molecule has 0 saturated carbocycles. The van der Waals surface area contributed by atoms with Crippen molar-refractivity contribution in [3.63, 3.8) is 0 Å². The number of aryl methyl sites for hydroxylation is 1. The first kappa shape index (κ1) is 16.8. The lowest BCUT2D eigenvalue weighted by molar-refractivity contribution is 0.0494. The number of carbonyl (C=O) groups excluding carboxylic acids is 2. The van der Waals surface area contributed by atoms with Gasteiger partial charge in [0.25, 0.3) is 5.91 Å². The number of hydrogen-bond donors (Lipinski definition) is 1. The van der Waals surface area contributed by atoms with Crippen LogP contribution in [0.3, 0.4) is 0 Å². The Bertz CT molecular complexity index is 831. The van der Waals surface area contributed by atoms with E-state index in [1.54, 1.807) is 41.3 Å². The van der Waals surface area contributed by atoms with E-state index in [1.165, 1.54) is 17.7 Å². The first-order valence-electron chi connectivity index (χ1n) is 7.67. The number of amides is 1. The van der Waals surface area contributed by atoms with Gasteiger partial charge < -0.3 is 10.1 Å². The van der Waals surface area contributed by atoms with Gasteiger partial charge >= 0.3 is 5.97 Å². The molecule has 0 saturated heterocycles. The van der Waals surface area contributed by atoms with E-state index in [0.717, 1.165) is 0 Å². The number of anilines is 1. The van der Waals surface area contributed by atoms with Crippen molar-refractivity contribution in [2.24, 2.45) is 0 Å². The predicted molar refractivity (Wildman–Crippen MR) is 93.6 cm³/mol. The minimum atomic E-state index is -0.425. The number of thiophene rings is 1. The van der Waals surface area contributed by atoms with Crippen molar-refractivity contribution in [1.82, 2.24) is 14.8 Å². The van der Waals surface area contributed by atoms with E-state index in [0.29, 0.717) is 29.1 Å². The number of benzene rings is 1. The van der Waals surface area contributed by atoms with E-state index in [2.05, 4.69) is 15.4 Å². The molecule has 0 aliphatic rings. The summed E-state index contributed by atoms with van der Waals surface area (Å²) in [7, 11) is 0. The van der Waals surface area contributed by atoms with E-state index in [1.807, 2.05) is 11.4 Å². The zero-order chi connectivity index (χ0) is 17.5. The Labute approximate surface area is 148 Å². The molecule has 0 fully saturated rings. The molecule has 7 nitrogen and oxygen atoms in total. The van der Waals surface area contributed by atoms with E-state index in [4.69, 9.17) is 4.74 Å². The van der Waals surface area contributed by atoms with Crippen LogP contribution in [-0.2, 0) is 11.3 Å². The average Bonchev–Trinajstić information content (AvgIpc) is 3.32. The molecule has 0 bridgehead atoms. The number of ether oxygens (including phenoxy) is 1. The first-order chi connectivity index (χ1) is 12.2. The number of hydrogen-bond acceptors (Lipinski definition) is 6. The number of nitrogens with one attached hydrogen (secondary N) is 1. The van der Waals surface area contributed by atoms with E-state index in [-0.39, 0.29) is 12.5 Å². The SMILES string of the molecule is O=C(OCCCn1cncn1)c1cccc(NC(=O)c2cccs2)c1. The second-order valence-corrected chi connectivity index (χ2v) is 6.11. The fraction of sp³-hybridized carbons (Fsp3) is 0.176. The molecule has 1 N–H and O–H groups in total. The van der Waals surface area contributed by atoms with Crippen molar-refractivity contribution in [2.75, 3.05) is 11.9 Å². The highest BCUT2D eigenvalue weighted by Crippen LogP contribution is 2.15. The van der Waals surface area contributed by atoms with Gasteiger partial charge in [-0.3, -0.25) is 9.48 Å². The molecular formula is C17H16N4O3S. The third-order valence-electron chi connectivity index (χ3n) is 3.33. The molecule has 0 aliphatic heterocycles. The molecule has 3 rings (SSSR count). The van der Waals surface area contributed by atoms with Crippen molar-refractivity contribution < 1.29 is 14.3 Å². The summed E-state index contributed by atoms with van der Waals surface area (Å²) in [5.41, 5.74) is 0.945. The lowest BCUT2D eigenvalue weighted by Crippen LogP contribution is -2.12. The van der Waals surface area contributed by atoms with Gasteiger partial charge in [0.2, 0.25) is 0 Å². The Morgan fingerprint density at radius 1 is 1.24 bits per heavy atom. The third-order valence-corrected chi connectivity index (χ3v) is 4.20. The Morgan fingerprint density at radius 3 is 2.92 bits per heavy atom. The zero-order valence-electron chi connectivity index (χ0n) is 13.3. The molecule has 3 aromatic rings. The van der Waals surface area contributed by atoms with Crippen LogP contribution in [0.2, 0.25) is 0 Å². The van der Waals surface area contributed by atoms with Crippen molar-refractivity contribution in [1.29, 1.82) is 0 Å². The summed E-state index contributed by atoms with van der Waals surface area (Å²) < 4.78 is 6.92. The summed E-state index contributed by atoms with van der Waals surface area (Å²) in [6.45, 7) is 0.911. The molecule has 1 amide bonds. The molecule has 0 atom stereocenters. The van der Waals surface area contributed by atoms with Crippen LogP contribution in [0.1, 0.15) is 26.5 Å². The van der Waals surface area contributed by atoms with E-state index in [9.17, 15) is 9.59 Å². The predicted octanol–water partition coefficient (Wildman–Crippen LogP) is 2.84. The van der Waals surface area contributed by atoms with Gasteiger partial charge in [0.1, 0.15) is 12.7 Å². The number of esters is 1. The Balaban J connectivity index is 1.51. The van der Waals surface area contributed by atoms with Crippen LogP contribution in [0.25, 0.3) is 0 Å². The van der Waals surface area contributed by atoms with Crippen LogP contribution < -0.4 is 5.32 Å². The summed E-state index contributed by atoms with van der Waals surface area (Å²) in [6, 6.07) is 10.2. The fourth-order valence-corrected chi connectivity index (χ4v) is 2.77. The Morgan fingerprint density at radius 2 is 2.16 bits per heavy atom. The molecular weight excluding hydrogens is 340 g/mol. The Hall–Kier alpha value is -3.00. The van der Waals surface area contributed by atoms with Gasteiger partial charge in [-0.1, -0.05) is 12.1 Å². The first-order valence-corrected chi connectivity index (χ1v) is 8.55. The number of aromatic nitrogens is 3. The molecule has 128 valence electrons. The summed E-state index contributed by atoms with van der Waals surface area (Å²) in [4.78, 5) is 28.6. The molecule has 0 unspecified atom stereocenters. The van der Waals surface area contributed by atoms with Crippen molar-refractivity contribution >= 4 is 28.9 Å². The monoisotopic (exact) mass is 356 g/mol. The second kappa shape index (κ2) is 8.20.